The molecule has 0 saturated carbocycles. The maximum Gasteiger partial charge on any atom is 0.202 e. The second-order valence-electron chi connectivity index (χ2n) is 4.43. The zero-order valence-corrected chi connectivity index (χ0v) is 11.5. The molecule has 0 bridgehead atoms. The van der Waals surface area contributed by atoms with E-state index in [9.17, 15) is 4.79 Å². The summed E-state index contributed by atoms with van der Waals surface area (Å²) < 4.78 is 0. The summed E-state index contributed by atoms with van der Waals surface area (Å²) in [6.45, 7) is 3.59. The molecular weight excluding hydrogens is 262 g/mol. The van der Waals surface area contributed by atoms with Gasteiger partial charge in [-0.15, -0.1) is 0 Å². The van der Waals surface area contributed by atoms with Gasteiger partial charge in [0, 0.05) is 11.3 Å². The van der Waals surface area contributed by atoms with Crippen LogP contribution in [0.15, 0.2) is 45.6 Å². The fourth-order valence-corrected chi connectivity index (χ4v) is 2.03. The summed E-state index contributed by atoms with van der Waals surface area (Å²) in [5, 5.41) is 0.0202. The van der Waals surface area contributed by atoms with Crippen molar-refractivity contribution in [2.24, 2.45) is 10.7 Å². The number of carbonyl (C=O) groups excluding carboxylic acids is 1. The highest BCUT2D eigenvalue weighted by Gasteiger charge is 2.21. The lowest BCUT2D eigenvalue weighted by Gasteiger charge is -2.13. The second kappa shape index (κ2) is 4.90. The molecule has 0 atom stereocenters. The van der Waals surface area contributed by atoms with E-state index in [-0.39, 0.29) is 16.5 Å². The Morgan fingerprint density at radius 2 is 1.89 bits per heavy atom. The molecule has 0 spiro atoms. The fraction of sp³-hybridized carbons (Fsp3) is 0.143. The maximum absolute atomic E-state index is 11.6. The Bertz CT molecular complexity index is 657. The number of aliphatic imine (C=N–C) groups is 1. The van der Waals surface area contributed by atoms with Crippen molar-refractivity contribution < 1.29 is 4.79 Å². The number of anilines is 1. The quantitative estimate of drug-likeness (QED) is 0.610. The van der Waals surface area contributed by atoms with Gasteiger partial charge in [-0.25, -0.2) is 4.99 Å². The van der Waals surface area contributed by atoms with Crippen LogP contribution >= 0.6 is 11.6 Å². The number of rotatable bonds is 1. The number of carbonyl (C=O) groups is 1. The van der Waals surface area contributed by atoms with Gasteiger partial charge in [-0.2, -0.15) is 0 Å². The number of hydrogen-bond donors (Lipinski definition) is 2. The number of aryl methyl sites for hydroxylation is 1. The van der Waals surface area contributed by atoms with Gasteiger partial charge in [-0.1, -0.05) is 11.6 Å². The maximum atomic E-state index is 11.6. The minimum Gasteiger partial charge on any atom is -0.399 e. The molecule has 19 heavy (non-hydrogen) atoms. The second-order valence-corrected chi connectivity index (χ2v) is 4.81. The van der Waals surface area contributed by atoms with Crippen LogP contribution in [0.1, 0.15) is 12.5 Å². The van der Waals surface area contributed by atoms with Crippen LogP contribution in [0.5, 0.6) is 0 Å². The third-order valence-electron chi connectivity index (χ3n) is 2.88. The standard InChI is InChI=1S/C14H14ClN3O/c1-7-5-9(16)3-4-10(7)18-11-6-8(2)14(19)12(15)13(11)17/h3-6H,16-17H2,1-2H3/b18-11-. The van der Waals surface area contributed by atoms with Crippen LogP contribution in [-0.4, -0.2) is 11.5 Å². The van der Waals surface area contributed by atoms with Gasteiger partial charge in [0.15, 0.2) is 0 Å². The van der Waals surface area contributed by atoms with E-state index >= 15 is 0 Å². The molecule has 1 aliphatic carbocycles. The molecule has 1 aromatic rings. The van der Waals surface area contributed by atoms with Crippen LogP contribution in [0.3, 0.4) is 0 Å². The summed E-state index contributed by atoms with van der Waals surface area (Å²) in [5.41, 5.74) is 15.1. The predicted octanol–water partition coefficient (Wildman–Crippen LogP) is 2.59. The van der Waals surface area contributed by atoms with Crippen LogP contribution in [0, 0.1) is 6.92 Å². The lowest BCUT2D eigenvalue weighted by atomic mass is 10.0. The lowest BCUT2D eigenvalue weighted by Crippen LogP contribution is -2.20. The molecule has 98 valence electrons. The smallest absolute Gasteiger partial charge is 0.202 e. The Hall–Kier alpha value is -2.07. The van der Waals surface area contributed by atoms with Crippen molar-refractivity contribution in [3.05, 3.63) is 46.1 Å². The first-order chi connectivity index (χ1) is 8.90. The van der Waals surface area contributed by atoms with E-state index in [0.29, 0.717) is 17.0 Å². The summed E-state index contributed by atoms with van der Waals surface area (Å²) in [7, 11) is 0. The van der Waals surface area contributed by atoms with Crippen molar-refractivity contribution >= 4 is 34.5 Å². The molecule has 5 heteroatoms. The van der Waals surface area contributed by atoms with Crippen molar-refractivity contribution in [2.45, 2.75) is 13.8 Å². The molecule has 1 aliphatic rings. The Kier molecular flexibility index (Phi) is 3.44. The molecule has 0 heterocycles. The topological polar surface area (TPSA) is 81.5 Å². The number of nitrogens with two attached hydrogens (primary N) is 2. The fourth-order valence-electron chi connectivity index (χ4n) is 1.78. The first-order valence-electron chi connectivity index (χ1n) is 5.73. The molecule has 0 saturated heterocycles. The number of allylic oxidation sites excluding steroid dienone is 3. The summed E-state index contributed by atoms with van der Waals surface area (Å²) >= 11 is 5.90. The highest BCUT2D eigenvalue weighted by Crippen LogP contribution is 2.25. The van der Waals surface area contributed by atoms with Gasteiger partial charge in [-0.3, -0.25) is 4.79 Å². The first-order valence-corrected chi connectivity index (χ1v) is 6.11. The van der Waals surface area contributed by atoms with Gasteiger partial charge in [0.1, 0.15) is 5.03 Å². The van der Waals surface area contributed by atoms with E-state index in [1.807, 2.05) is 13.0 Å². The van der Waals surface area contributed by atoms with Gasteiger partial charge in [-0.05, 0) is 43.7 Å². The van der Waals surface area contributed by atoms with Gasteiger partial charge in [0.2, 0.25) is 5.78 Å². The minimum absolute atomic E-state index is 0.0202. The first kappa shape index (κ1) is 13.4. The molecule has 0 aliphatic heterocycles. The zero-order chi connectivity index (χ0) is 14.2. The highest BCUT2D eigenvalue weighted by molar-refractivity contribution is 6.49. The zero-order valence-electron chi connectivity index (χ0n) is 10.7. The van der Waals surface area contributed by atoms with Gasteiger partial charge < -0.3 is 11.5 Å². The lowest BCUT2D eigenvalue weighted by molar-refractivity contribution is -0.111. The average molecular weight is 276 g/mol. The summed E-state index contributed by atoms with van der Waals surface area (Å²) in [6.07, 6.45) is 1.64. The van der Waals surface area contributed by atoms with Crippen LogP contribution in [-0.2, 0) is 4.79 Å². The highest BCUT2D eigenvalue weighted by atomic mass is 35.5. The largest absolute Gasteiger partial charge is 0.399 e. The SMILES string of the molecule is CC1=C/C(=N/c2ccc(N)cc2C)C(N)=C(Cl)C1=O. The summed E-state index contributed by atoms with van der Waals surface area (Å²) in [5.74, 6) is -0.257. The van der Waals surface area contributed by atoms with E-state index in [1.54, 1.807) is 25.1 Å². The van der Waals surface area contributed by atoms with Gasteiger partial charge >= 0.3 is 0 Å². The Labute approximate surface area is 116 Å². The van der Waals surface area contributed by atoms with E-state index in [1.165, 1.54) is 0 Å². The van der Waals surface area contributed by atoms with E-state index in [2.05, 4.69) is 4.99 Å². The Morgan fingerprint density at radius 3 is 2.53 bits per heavy atom. The normalized spacial score (nSPS) is 17.9. The van der Waals surface area contributed by atoms with Crippen molar-refractivity contribution in [1.82, 2.24) is 0 Å². The Balaban J connectivity index is 2.52. The Morgan fingerprint density at radius 1 is 1.21 bits per heavy atom. The molecular formula is C14H14ClN3O. The number of halogens is 1. The molecule has 4 N–H and O–H groups in total. The molecule has 4 nitrogen and oxygen atoms in total. The number of benzene rings is 1. The van der Waals surface area contributed by atoms with Crippen molar-refractivity contribution in [3.8, 4) is 0 Å². The monoisotopic (exact) mass is 275 g/mol. The van der Waals surface area contributed by atoms with Crippen molar-refractivity contribution in [2.75, 3.05) is 5.73 Å². The molecule has 2 rings (SSSR count). The molecule has 0 fully saturated rings. The number of ketones is 1. The summed E-state index contributed by atoms with van der Waals surface area (Å²) in [4.78, 5) is 16.1. The van der Waals surface area contributed by atoms with Gasteiger partial charge in [0.25, 0.3) is 0 Å². The number of Topliss-reactive ketones (excluding diaryl/α,β-unsaturated/α-hetero) is 1. The molecule has 0 amide bonds. The number of nitrogen functional groups attached to an aromatic ring is 1. The molecule has 0 aromatic heterocycles. The van der Waals surface area contributed by atoms with Crippen LogP contribution in [0.25, 0.3) is 0 Å². The van der Waals surface area contributed by atoms with E-state index < -0.39 is 0 Å². The predicted molar refractivity (Wildman–Crippen MR) is 78.5 cm³/mol. The molecule has 0 unspecified atom stereocenters. The minimum atomic E-state index is -0.257. The van der Waals surface area contributed by atoms with Crippen LogP contribution in [0.4, 0.5) is 11.4 Å². The van der Waals surface area contributed by atoms with E-state index in [0.717, 1.165) is 11.3 Å². The molecule has 1 aromatic carbocycles. The van der Waals surface area contributed by atoms with Crippen molar-refractivity contribution in [1.29, 1.82) is 0 Å². The van der Waals surface area contributed by atoms with E-state index in [4.69, 9.17) is 23.1 Å². The number of nitrogens with zero attached hydrogens (tertiary/aromatic N) is 1. The van der Waals surface area contributed by atoms with Crippen LogP contribution in [0.2, 0.25) is 0 Å². The van der Waals surface area contributed by atoms with Gasteiger partial charge in [0.05, 0.1) is 17.1 Å². The third kappa shape index (κ3) is 2.53. The molecule has 0 radical (unpaired) electrons. The van der Waals surface area contributed by atoms with Crippen LogP contribution < -0.4 is 11.5 Å². The van der Waals surface area contributed by atoms with Crippen molar-refractivity contribution in [3.63, 3.8) is 0 Å². The average Bonchev–Trinajstić information content (AvgIpc) is 2.36. The number of hydrogen-bond acceptors (Lipinski definition) is 4. The third-order valence-corrected chi connectivity index (χ3v) is 3.26. The summed E-state index contributed by atoms with van der Waals surface area (Å²) in [6, 6.07) is 5.39.